The summed E-state index contributed by atoms with van der Waals surface area (Å²) in [5, 5.41) is 0. The molecule has 25 nitrogen and oxygen atoms in total. The Kier molecular flexibility index (Phi) is 22.2. The highest BCUT2D eigenvalue weighted by Crippen LogP contribution is 2.42. The maximum Gasteiger partial charge on any atom is 0.187 e. The summed E-state index contributed by atoms with van der Waals surface area (Å²) in [6.45, 7) is 0.607. The van der Waals surface area contributed by atoms with Crippen LogP contribution in [0.2, 0.25) is 0 Å². The summed E-state index contributed by atoms with van der Waals surface area (Å²) in [6, 6.07) is 9.66. The summed E-state index contributed by atoms with van der Waals surface area (Å²) in [6.07, 6.45) is -20.5. The average molecular weight is 1080 g/mol. The summed E-state index contributed by atoms with van der Waals surface area (Å²) in [5.41, 5.74) is 0.866. The molecule has 25 heteroatoms. The number of fused-ring (bicyclic) bond motifs is 3. The Balaban J connectivity index is 0.991. The van der Waals surface area contributed by atoms with Crippen LogP contribution in [0, 0.1) is 0 Å². The molecule has 7 saturated heterocycles. The maximum atomic E-state index is 6.94. The van der Waals surface area contributed by atoms with Crippen LogP contribution in [0.4, 0.5) is 0 Å². The van der Waals surface area contributed by atoms with E-state index in [0.29, 0.717) is 0 Å². The van der Waals surface area contributed by atoms with Crippen molar-refractivity contribution in [2.45, 2.75) is 160 Å². The Morgan fingerprint density at radius 2 is 0.720 bits per heavy atom. The van der Waals surface area contributed by atoms with Gasteiger partial charge in [0.2, 0.25) is 0 Å². The highest BCUT2D eigenvalue weighted by molar-refractivity contribution is 5.17. The zero-order valence-electron chi connectivity index (χ0n) is 45.1. The van der Waals surface area contributed by atoms with Crippen molar-refractivity contribution in [3.05, 3.63) is 35.9 Å². The zero-order valence-corrected chi connectivity index (χ0v) is 45.1. The van der Waals surface area contributed by atoms with Gasteiger partial charge in [0.1, 0.15) is 122 Å². The van der Waals surface area contributed by atoms with Gasteiger partial charge in [-0.15, -0.1) is 0 Å². The van der Waals surface area contributed by atoms with Crippen molar-refractivity contribution >= 4 is 0 Å². The first kappa shape index (κ1) is 59.3. The van der Waals surface area contributed by atoms with Gasteiger partial charge in [-0.2, -0.15) is 0 Å². The molecule has 0 N–H and O–H groups in total. The largest absolute Gasteiger partial charge is 0.382 e. The molecule has 8 rings (SSSR count). The van der Waals surface area contributed by atoms with Crippen molar-refractivity contribution in [3.63, 3.8) is 0 Å². The summed E-state index contributed by atoms with van der Waals surface area (Å²) in [5.74, 6) is 0. The lowest BCUT2D eigenvalue weighted by atomic mass is 9.94. The average Bonchev–Trinajstić information content (AvgIpc) is 3.87. The van der Waals surface area contributed by atoms with Gasteiger partial charge in [-0.1, -0.05) is 30.3 Å². The standard InChI is InChI=1S/C50H80O25/c1-51-19-25-30(36(55-5)41(60-10)47(67-25)73-31-26(20-52-2)69-49(43(62-12)37(31)56-6)75-34-28-23-65-46(66-28)40(59-9)35(34)54-4)72-48-42(61-11)38(57-7)32(27(68-48)21-53-3)74-50-44(63-13)39(58-8)33-29(70-50)22-64-45(71-33)24-17-15-14-16-18-24/h14-18,25-50H,19-23H2,1-13H3/t25?,26?,27?,28-,29?,30+,31+,32+,33+,34+,35?,36-,37-,38?,39?,40?,41?,42?,43?,44?,45?,46+,47-,48-,49-,50+/m0/s1. The monoisotopic (exact) mass is 1080 g/mol. The van der Waals surface area contributed by atoms with E-state index in [-0.39, 0.29) is 33.0 Å². The number of benzene rings is 1. The molecule has 0 aliphatic carbocycles. The first-order valence-corrected chi connectivity index (χ1v) is 25.2. The van der Waals surface area contributed by atoms with Crippen molar-refractivity contribution < 1.29 is 118 Å². The molecule has 7 aliphatic heterocycles. The fourth-order valence-corrected chi connectivity index (χ4v) is 11.5. The van der Waals surface area contributed by atoms with Gasteiger partial charge in [0.15, 0.2) is 37.7 Å². The Hall–Kier alpha value is -1.78. The van der Waals surface area contributed by atoms with E-state index in [1.807, 2.05) is 30.3 Å². The molecule has 26 atom stereocenters. The summed E-state index contributed by atoms with van der Waals surface area (Å²) < 4.78 is 157. The van der Waals surface area contributed by atoms with E-state index in [9.17, 15) is 0 Å². The molecule has 7 heterocycles. The lowest BCUT2D eigenvalue weighted by Gasteiger charge is -2.52. The normalized spacial score (nSPS) is 45.1. The van der Waals surface area contributed by atoms with Crippen LogP contribution >= 0.6 is 0 Å². The van der Waals surface area contributed by atoms with Crippen LogP contribution in [0.5, 0.6) is 0 Å². The second-order valence-electron chi connectivity index (χ2n) is 19.0. The van der Waals surface area contributed by atoms with Gasteiger partial charge < -0.3 is 118 Å². The molecule has 0 amide bonds. The maximum absolute atomic E-state index is 6.94. The van der Waals surface area contributed by atoms with Crippen LogP contribution in [0.1, 0.15) is 11.9 Å². The van der Waals surface area contributed by atoms with Crippen LogP contribution in [0.25, 0.3) is 0 Å². The van der Waals surface area contributed by atoms with Crippen LogP contribution in [0.15, 0.2) is 30.3 Å². The molecule has 2 bridgehead atoms. The second-order valence-corrected chi connectivity index (χ2v) is 19.0. The van der Waals surface area contributed by atoms with E-state index in [1.165, 1.54) is 28.4 Å². The molecular weight excluding hydrogens is 1000 g/mol. The second kappa shape index (κ2) is 28.1. The lowest BCUT2D eigenvalue weighted by molar-refractivity contribution is -0.403. The predicted octanol–water partition coefficient (Wildman–Crippen LogP) is 0.385. The minimum Gasteiger partial charge on any atom is -0.382 e. The first-order chi connectivity index (χ1) is 36.6. The Morgan fingerprint density at radius 1 is 0.347 bits per heavy atom. The van der Waals surface area contributed by atoms with Crippen LogP contribution in [0.3, 0.4) is 0 Å². The Labute approximate surface area is 438 Å². The van der Waals surface area contributed by atoms with Crippen molar-refractivity contribution in [3.8, 4) is 0 Å². The highest BCUT2D eigenvalue weighted by atomic mass is 16.8. The van der Waals surface area contributed by atoms with Gasteiger partial charge in [-0.25, -0.2) is 0 Å². The molecule has 0 aromatic heterocycles. The van der Waals surface area contributed by atoms with Crippen LogP contribution < -0.4 is 0 Å². The minimum absolute atomic E-state index is 0.0250. The van der Waals surface area contributed by atoms with Crippen LogP contribution in [-0.4, -0.2) is 279 Å². The Morgan fingerprint density at radius 3 is 1.13 bits per heavy atom. The molecule has 0 saturated carbocycles. The lowest BCUT2D eigenvalue weighted by Crippen LogP contribution is -2.69. The van der Waals surface area contributed by atoms with Gasteiger partial charge >= 0.3 is 0 Å². The minimum atomic E-state index is -1.12. The third kappa shape index (κ3) is 12.4. The molecular formula is C50H80O25. The van der Waals surface area contributed by atoms with Crippen molar-refractivity contribution in [1.82, 2.24) is 0 Å². The van der Waals surface area contributed by atoms with Gasteiger partial charge in [0, 0.05) is 98.0 Å². The molecule has 13 unspecified atom stereocenters. The molecule has 7 aliphatic rings. The molecule has 7 fully saturated rings. The molecule has 1 aromatic carbocycles. The quantitative estimate of drug-likeness (QED) is 0.129. The summed E-state index contributed by atoms with van der Waals surface area (Å²) in [4.78, 5) is 0. The fourth-order valence-electron chi connectivity index (χ4n) is 11.5. The summed E-state index contributed by atoms with van der Waals surface area (Å²) >= 11 is 0. The van der Waals surface area contributed by atoms with Gasteiger partial charge in [0.25, 0.3) is 0 Å². The van der Waals surface area contributed by atoms with E-state index < -0.39 is 160 Å². The number of ether oxygens (including phenoxy) is 25. The van der Waals surface area contributed by atoms with Gasteiger partial charge in [-0.05, 0) is 0 Å². The van der Waals surface area contributed by atoms with Crippen molar-refractivity contribution in [2.75, 3.05) is 125 Å². The van der Waals surface area contributed by atoms with E-state index in [0.717, 1.165) is 5.56 Å². The van der Waals surface area contributed by atoms with E-state index in [4.69, 9.17) is 118 Å². The SMILES string of the molecule is COCC1O[C@@H](O[C@@H]2C(COC)O[C@@H](O[C@@H]3C(COC)O[C@@H](O[C@H]4C(OC)C(OC)[C@@H]5OC[C@@H]4O5)C(OC)[C@H]3OC)C(OC)[C@H]2OC)C(OC)C(OC)[C@@H]1O[C@H]1OC2COC(c3ccccc3)O[C@H]2C(OC)C1OC. The fraction of sp³-hybridized carbons (Fsp3) is 0.880. The number of methoxy groups -OCH3 is 13. The number of hydrogen-bond donors (Lipinski definition) is 0. The topological polar surface area (TPSA) is 231 Å². The third-order valence-electron chi connectivity index (χ3n) is 15.0. The first-order valence-electron chi connectivity index (χ1n) is 25.2. The number of rotatable bonds is 25. The van der Waals surface area contributed by atoms with E-state index >= 15 is 0 Å². The molecule has 0 spiro atoms. The van der Waals surface area contributed by atoms with Gasteiger partial charge in [-0.3, -0.25) is 0 Å². The van der Waals surface area contributed by atoms with Crippen LogP contribution in [-0.2, 0) is 118 Å². The van der Waals surface area contributed by atoms with Gasteiger partial charge in [0.05, 0.1) is 33.0 Å². The molecule has 1 aromatic rings. The molecule has 430 valence electrons. The van der Waals surface area contributed by atoms with Crippen molar-refractivity contribution in [1.29, 1.82) is 0 Å². The molecule has 0 radical (unpaired) electrons. The molecule has 75 heavy (non-hydrogen) atoms. The number of hydrogen-bond acceptors (Lipinski definition) is 25. The summed E-state index contributed by atoms with van der Waals surface area (Å²) in [7, 11) is 20.1. The van der Waals surface area contributed by atoms with Crippen molar-refractivity contribution in [2.24, 2.45) is 0 Å². The van der Waals surface area contributed by atoms with E-state index in [1.54, 1.807) is 64.0 Å². The van der Waals surface area contributed by atoms with E-state index in [2.05, 4.69) is 0 Å². The third-order valence-corrected chi connectivity index (χ3v) is 15.0. The zero-order chi connectivity index (χ0) is 53.3. The predicted molar refractivity (Wildman–Crippen MR) is 252 cm³/mol. The highest BCUT2D eigenvalue weighted by Gasteiger charge is 2.60. The smallest absolute Gasteiger partial charge is 0.187 e. The Bertz CT molecular complexity index is 1810.